The highest BCUT2D eigenvalue weighted by Gasteiger charge is 2.13. The molecule has 0 amide bonds. The number of nitrogens with one attached hydrogen (secondary N) is 2. The third-order valence-electron chi connectivity index (χ3n) is 3.94. The molecule has 1 heterocycles. The Morgan fingerprint density at radius 3 is 2.54 bits per heavy atom. The van der Waals surface area contributed by atoms with Crippen molar-refractivity contribution in [3.05, 3.63) is 17.5 Å². The lowest BCUT2D eigenvalue weighted by Gasteiger charge is -2.18. The minimum Gasteiger partial charge on any atom is -0.357 e. The van der Waals surface area contributed by atoms with Crippen molar-refractivity contribution in [3.63, 3.8) is 0 Å². The van der Waals surface area contributed by atoms with E-state index in [1.165, 1.54) is 16.3 Å². The number of aryl methyl sites for hydroxylation is 3. The molecule has 0 saturated heterocycles. The quantitative estimate of drug-likeness (QED) is 0.338. The minimum absolute atomic E-state index is 0.499. The number of aliphatic imine (C=N–C) groups is 1. The lowest BCUT2D eigenvalue weighted by atomic mass is 10.4. The van der Waals surface area contributed by atoms with Crippen molar-refractivity contribution in [2.24, 2.45) is 4.99 Å². The molecule has 26 heavy (non-hydrogen) atoms. The van der Waals surface area contributed by atoms with Crippen LogP contribution in [0, 0.1) is 13.8 Å². The molecular weight excluding hydrogens is 352 g/mol. The van der Waals surface area contributed by atoms with E-state index >= 15 is 0 Å². The zero-order valence-electron chi connectivity index (χ0n) is 16.7. The van der Waals surface area contributed by atoms with Crippen molar-refractivity contribution in [1.29, 1.82) is 0 Å². The predicted octanol–water partition coefficient (Wildman–Crippen LogP) is 1.12. The van der Waals surface area contributed by atoms with Crippen LogP contribution >= 0.6 is 0 Å². The number of hydrogen-bond acceptors (Lipinski definition) is 4. The lowest BCUT2D eigenvalue weighted by Crippen LogP contribution is -2.39. The Hall–Kier alpha value is -1.61. The van der Waals surface area contributed by atoms with Crippen molar-refractivity contribution < 1.29 is 8.42 Å². The van der Waals surface area contributed by atoms with Crippen molar-refractivity contribution in [2.75, 3.05) is 39.0 Å². The average molecular weight is 387 g/mol. The van der Waals surface area contributed by atoms with Gasteiger partial charge in [-0.05, 0) is 39.7 Å². The van der Waals surface area contributed by atoms with E-state index in [4.69, 9.17) is 0 Å². The maximum absolute atomic E-state index is 11.6. The van der Waals surface area contributed by atoms with Crippen LogP contribution in [-0.4, -0.2) is 67.4 Å². The molecule has 0 saturated carbocycles. The van der Waals surface area contributed by atoms with Crippen LogP contribution in [0.15, 0.2) is 11.1 Å². The summed E-state index contributed by atoms with van der Waals surface area (Å²) in [5, 5.41) is 10.9. The predicted molar refractivity (Wildman–Crippen MR) is 107 cm³/mol. The molecule has 0 fully saturated rings. The van der Waals surface area contributed by atoms with Crippen molar-refractivity contribution >= 4 is 16.0 Å². The fourth-order valence-corrected chi connectivity index (χ4v) is 3.60. The van der Waals surface area contributed by atoms with Crippen LogP contribution < -0.4 is 10.6 Å². The fourth-order valence-electron chi connectivity index (χ4n) is 2.68. The van der Waals surface area contributed by atoms with Gasteiger partial charge in [0.05, 0.1) is 11.9 Å². The monoisotopic (exact) mass is 386 g/mol. The zero-order chi connectivity index (χ0) is 19.6. The number of guanidine groups is 1. The third-order valence-corrected chi connectivity index (χ3v) is 5.32. The number of nitrogens with zero attached hydrogens (tertiary/aromatic N) is 4. The van der Waals surface area contributed by atoms with Gasteiger partial charge in [0.25, 0.3) is 0 Å². The van der Waals surface area contributed by atoms with Crippen LogP contribution in [0.25, 0.3) is 0 Å². The van der Waals surface area contributed by atoms with Gasteiger partial charge in [-0.3, -0.25) is 9.67 Å². The summed E-state index contributed by atoms with van der Waals surface area (Å²) >= 11 is 0. The van der Waals surface area contributed by atoms with Crippen LogP contribution in [0.1, 0.15) is 38.1 Å². The van der Waals surface area contributed by atoms with E-state index in [9.17, 15) is 8.42 Å². The van der Waals surface area contributed by atoms with Crippen molar-refractivity contribution in [3.8, 4) is 0 Å². The zero-order valence-corrected chi connectivity index (χ0v) is 17.6. The summed E-state index contributed by atoms with van der Waals surface area (Å²) in [4.78, 5) is 4.57. The van der Waals surface area contributed by atoms with Crippen molar-refractivity contribution in [2.45, 2.75) is 47.1 Å². The first-order valence-corrected chi connectivity index (χ1v) is 11.1. The lowest BCUT2D eigenvalue weighted by molar-refractivity contribution is 0.424. The Labute approximate surface area is 158 Å². The molecule has 1 rings (SSSR count). The first kappa shape index (κ1) is 22.4. The molecule has 8 nitrogen and oxygen atoms in total. The minimum atomic E-state index is -3.12. The molecule has 0 aliphatic heterocycles. The van der Waals surface area contributed by atoms with Gasteiger partial charge in [-0.25, -0.2) is 12.7 Å². The molecule has 1 aromatic rings. The molecular formula is C17H34N6O2S. The van der Waals surface area contributed by atoms with E-state index < -0.39 is 10.0 Å². The number of sulfonamides is 1. The normalized spacial score (nSPS) is 12.6. The molecule has 0 radical (unpaired) electrons. The Morgan fingerprint density at radius 1 is 1.27 bits per heavy atom. The van der Waals surface area contributed by atoms with Gasteiger partial charge in [-0.2, -0.15) is 5.10 Å². The Kier molecular flexibility index (Phi) is 9.64. The summed E-state index contributed by atoms with van der Waals surface area (Å²) in [5.74, 6) is 0.767. The van der Waals surface area contributed by atoms with Gasteiger partial charge in [0, 0.05) is 45.0 Å². The van der Waals surface area contributed by atoms with Crippen LogP contribution in [0.4, 0.5) is 0 Å². The second-order valence-electron chi connectivity index (χ2n) is 6.30. The molecule has 1 aromatic heterocycles. The first-order chi connectivity index (χ1) is 12.3. The Bertz CT molecular complexity index is 669. The smallest absolute Gasteiger partial charge is 0.211 e. The Balaban J connectivity index is 2.37. The van der Waals surface area contributed by atoms with Crippen LogP contribution in [0.5, 0.6) is 0 Å². The van der Waals surface area contributed by atoms with Gasteiger partial charge in [0.2, 0.25) is 10.0 Å². The summed E-state index contributed by atoms with van der Waals surface area (Å²) in [6.07, 6.45) is 2.89. The van der Waals surface area contributed by atoms with Crippen molar-refractivity contribution in [1.82, 2.24) is 24.7 Å². The number of hydrogen-bond donors (Lipinski definition) is 2. The summed E-state index contributed by atoms with van der Waals surface area (Å²) in [6.45, 7) is 12.0. The highest BCUT2D eigenvalue weighted by Crippen LogP contribution is 2.02. The summed E-state index contributed by atoms with van der Waals surface area (Å²) in [7, 11) is -3.12. The van der Waals surface area contributed by atoms with Gasteiger partial charge in [0.1, 0.15) is 0 Å². The van der Waals surface area contributed by atoms with Crippen LogP contribution in [0.3, 0.4) is 0 Å². The maximum atomic E-state index is 11.6. The molecule has 0 aliphatic carbocycles. The van der Waals surface area contributed by atoms with E-state index in [-0.39, 0.29) is 0 Å². The topological polar surface area (TPSA) is 91.6 Å². The molecule has 0 spiro atoms. The second kappa shape index (κ2) is 11.2. The Morgan fingerprint density at radius 2 is 2.00 bits per heavy atom. The van der Waals surface area contributed by atoms with E-state index in [0.29, 0.717) is 26.2 Å². The summed E-state index contributed by atoms with van der Waals surface area (Å²) in [6, 6.07) is 2.07. The maximum Gasteiger partial charge on any atom is 0.211 e. The first-order valence-electron chi connectivity index (χ1n) is 9.26. The second-order valence-corrected chi connectivity index (χ2v) is 8.28. The number of rotatable bonds is 11. The molecule has 2 N–H and O–H groups in total. The fraction of sp³-hybridized carbons (Fsp3) is 0.765. The third kappa shape index (κ3) is 8.18. The molecule has 0 atom stereocenters. The molecule has 9 heteroatoms. The molecule has 0 aliphatic rings. The van der Waals surface area contributed by atoms with Gasteiger partial charge in [-0.1, -0.05) is 6.92 Å². The van der Waals surface area contributed by atoms with Gasteiger partial charge < -0.3 is 10.6 Å². The largest absolute Gasteiger partial charge is 0.357 e. The van der Waals surface area contributed by atoms with Crippen LogP contribution in [0.2, 0.25) is 0 Å². The number of aromatic nitrogens is 2. The van der Waals surface area contributed by atoms with E-state index in [1.807, 2.05) is 25.5 Å². The summed E-state index contributed by atoms with van der Waals surface area (Å²) < 4.78 is 26.6. The van der Waals surface area contributed by atoms with E-state index in [0.717, 1.165) is 37.6 Å². The SMILES string of the molecule is CCNC(=NCCCn1nc(C)cc1C)NCCCN(CC)S(C)(=O)=O. The standard InChI is InChI=1S/C17H34N6O2S/c1-6-18-17(19-10-8-12-22(7-2)26(5,24)25)20-11-9-13-23-16(4)14-15(3)21-23/h14H,6-13H2,1-5H3,(H2,18,19,20). The highest BCUT2D eigenvalue weighted by molar-refractivity contribution is 7.88. The molecule has 150 valence electrons. The van der Waals surface area contributed by atoms with E-state index in [1.54, 1.807) is 0 Å². The highest BCUT2D eigenvalue weighted by atomic mass is 32.2. The van der Waals surface area contributed by atoms with Gasteiger partial charge >= 0.3 is 0 Å². The van der Waals surface area contributed by atoms with Gasteiger partial charge in [-0.15, -0.1) is 0 Å². The summed E-state index contributed by atoms with van der Waals surface area (Å²) in [5.41, 5.74) is 2.21. The molecule has 0 bridgehead atoms. The molecule has 0 unspecified atom stereocenters. The average Bonchev–Trinajstić information content (AvgIpc) is 2.87. The van der Waals surface area contributed by atoms with E-state index in [2.05, 4.69) is 33.7 Å². The van der Waals surface area contributed by atoms with Crippen LogP contribution in [-0.2, 0) is 16.6 Å². The molecule has 0 aromatic carbocycles. The van der Waals surface area contributed by atoms with Gasteiger partial charge in [0.15, 0.2) is 5.96 Å².